The first-order chi connectivity index (χ1) is 8.91. The van der Waals surface area contributed by atoms with E-state index in [0.717, 1.165) is 19.4 Å². The maximum absolute atomic E-state index is 5.04. The van der Waals surface area contributed by atoms with Crippen LogP contribution in [0.25, 0.3) is 0 Å². The molecule has 0 unspecified atom stereocenters. The highest BCUT2D eigenvalue weighted by Gasteiger charge is 1.89. The van der Waals surface area contributed by atoms with Crippen molar-refractivity contribution >= 4 is 0 Å². The van der Waals surface area contributed by atoms with Crippen molar-refractivity contribution in [1.82, 2.24) is 16.5 Å². The molecule has 0 saturated carbocycles. The summed E-state index contributed by atoms with van der Waals surface area (Å²) < 4.78 is 0. The number of hydrazine groups is 3. The summed E-state index contributed by atoms with van der Waals surface area (Å²) in [7, 11) is 0. The summed E-state index contributed by atoms with van der Waals surface area (Å²) >= 11 is 0. The molecule has 0 rings (SSSR count). The third-order valence-electron chi connectivity index (χ3n) is 2.97. The molecule has 4 nitrogen and oxygen atoms in total. The lowest BCUT2D eigenvalue weighted by molar-refractivity contribution is 0.440. The largest absolute Gasteiger partial charge is 0.257 e. The van der Waals surface area contributed by atoms with Crippen LogP contribution in [0.2, 0.25) is 0 Å². The number of hydrogen-bond acceptors (Lipinski definition) is 4. The second-order valence-corrected chi connectivity index (χ2v) is 4.72. The SMILES string of the molecule is CCCCCCCCCC=CCCCNNNN. The fourth-order valence-electron chi connectivity index (χ4n) is 1.88. The monoisotopic (exact) mass is 256 g/mol. The zero-order chi connectivity index (χ0) is 13.3. The van der Waals surface area contributed by atoms with Crippen LogP contribution in [-0.2, 0) is 0 Å². The van der Waals surface area contributed by atoms with Crippen molar-refractivity contribution in [2.75, 3.05) is 6.54 Å². The Balaban J connectivity index is 3.00. The Hall–Kier alpha value is -0.420. The molecule has 0 fully saturated rings. The highest BCUT2D eigenvalue weighted by molar-refractivity contribution is 4.81. The summed E-state index contributed by atoms with van der Waals surface area (Å²) in [6.45, 7) is 3.19. The standard InChI is InChI=1S/C14H32N4/c1-2-3-4-5-6-7-8-9-10-11-12-13-14-16-18-17-15/h10-11,16-18H,2-9,12-15H2,1H3. The van der Waals surface area contributed by atoms with Gasteiger partial charge in [0.1, 0.15) is 0 Å². The predicted molar refractivity (Wildman–Crippen MR) is 79.4 cm³/mol. The Morgan fingerprint density at radius 3 is 2.11 bits per heavy atom. The van der Waals surface area contributed by atoms with E-state index in [4.69, 9.17) is 5.84 Å². The lowest BCUT2D eigenvalue weighted by Gasteiger charge is -2.02. The Morgan fingerprint density at radius 2 is 1.44 bits per heavy atom. The van der Waals surface area contributed by atoms with Crippen molar-refractivity contribution in [2.24, 2.45) is 5.84 Å². The Kier molecular flexibility index (Phi) is 16.2. The molecule has 4 heteroatoms. The van der Waals surface area contributed by atoms with E-state index in [2.05, 4.69) is 35.6 Å². The van der Waals surface area contributed by atoms with Gasteiger partial charge in [0.25, 0.3) is 0 Å². The zero-order valence-corrected chi connectivity index (χ0v) is 12.0. The van der Waals surface area contributed by atoms with Crippen molar-refractivity contribution in [3.05, 3.63) is 12.2 Å². The van der Waals surface area contributed by atoms with E-state index in [-0.39, 0.29) is 0 Å². The molecule has 5 N–H and O–H groups in total. The first kappa shape index (κ1) is 17.6. The number of nitrogens with one attached hydrogen (secondary N) is 3. The van der Waals surface area contributed by atoms with Crippen LogP contribution in [0.1, 0.15) is 71.1 Å². The van der Waals surface area contributed by atoms with Crippen LogP contribution in [0.5, 0.6) is 0 Å². The Morgan fingerprint density at radius 1 is 0.833 bits per heavy atom. The number of allylic oxidation sites excluding steroid dienone is 2. The van der Waals surface area contributed by atoms with Gasteiger partial charge in [-0.25, -0.2) is 5.43 Å². The molecule has 0 aliphatic rings. The summed E-state index contributed by atoms with van der Waals surface area (Å²) in [6.07, 6.45) is 17.8. The van der Waals surface area contributed by atoms with Crippen LogP contribution in [-0.4, -0.2) is 6.54 Å². The van der Waals surface area contributed by atoms with Gasteiger partial charge in [-0.3, -0.25) is 5.84 Å². The van der Waals surface area contributed by atoms with E-state index in [0.29, 0.717) is 0 Å². The topological polar surface area (TPSA) is 62.1 Å². The number of unbranched alkanes of at least 4 members (excludes halogenated alkanes) is 8. The summed E-state index contributed by atoms with van der Waals surface area (Å²) in [5.41, 5.74) is 7.92. The minimum Gasteiger partial charge on any atom is -0.257 e. The first-order valence-corrected chi connectivity index (χ1v) is 7.50. The lowest BCUT2D eigenvalue weighted by atomic mass is 10.1. The van der Waals surface area contributed by atoms with Gasteiger partial charge >= 0.3 is 0 Å². The molecular weight excluding hydrogens is 224 g/mol. The molecule has 0 aromatic heterocycles. The molecular formula is C14H32N4. The van der Waals surface area contributed by atoms with Crippen molar-refractivity contribution in [1.29, 1.82) is 0 Å². The molecule has 0 bridgehead atoms. The summed E-state index contributed by atoms with van der Waals surface area (Å²) in [6, 6.07) is 0. The molecule has 0 radical (unpaired) electrons. The quantitative estimate of drug-likeness (QED) is 0.167. The van der Waals surface area contributed by atoms with Crippen LogP contribution in [0.4, 0.5) is 0 Å². The summed E-state index contributed by atoms with van der Waals surface area (Å²) in [5.74, 6) is 5.04. The predicted octanol–water partition coefficient (Wildman–Crippen LogP) is 2.94. The molecule has 0 aromatic rings. The molecule has 0 aliphatic heterocycles. The molecule has 0 spiro atoms. The second-order valence-electron chi connectivity index (χ2n) is 4.72. The number of hydrogen-bond donors (Lipinski definition) is 4. The first-order valence-electron chi connectivity index (χ1n) is 7.50. The van der Waals surface area contributed by atoms with Gasteiger partial charge in [-0.2, -0.15) is 11.1 Å². The molecule has 0 aliphatic carbocycles. The fourth-order valence-corrected chi connectivity index (χ4v) is 1.88. The zero-order valence-electron chi connectivity index (χ0n) is 12.0. The minimum atomic E-state index is 0.923. The average molecular weight is 256 g/mol. The normalized spacial score (nSPS) is 11.4. The Labute approximate surface area is 113 Å². The van der Waals surface area contributed by atoms with Crippen molar-refractivity contribution < 1.29 is 0 Å². The highest BCUT2D eigenvalue weighted by atomic mass is 15.7. The average Bonchev–Trinajstić information content (AvgIpc) is 2.39. The maximum Gasteiger partial charge on any atom is 0.0116 e. The second kappa shape index (κ2) is 16.6. The van der Waals surface area contributed by atoms with Gasteiger partial charge in [-0.05, 0) is 25.7 Å². The van der Waals surface area contributed by atoms with Crippen molar-refractivity contribution in [3.63, 3.8) is 0 Å². The van der Waals surface area contributed by atoms with E-state index in [1.165, 1.54) is 51.4 Å². The molecule has 0 atom stereocenters. The van der Waals surface area contributed by atoms with Gasteiger partial charge in [-0.15, -0.1) is 0 Å². The smallest absolute Gasteiger partial charge is 0.0116 e. The van der Waals surface area contributed by atoms with Crippen LogP contribution < -0.4 is 22.3 Å². The van der Waals surface area contributed by atoms with E-state index < -0.39 is 0 Å². The van der Waals surface area contributed by atoms with Gasteiger partial charge in [0, 0.05) is 6.54 Å². The molecule has 18 heavy (non-hydrogen) atoms. The summed E-state index contributed by atoms with van der Waals surface area (Å²) in [5, 5.41) is 0. The van der Waals surface area contributed by atoms with Gasteiger partial charge in [-0.1, -0.05) is 57.6 Å². The van der Waals surface area contributed by atoms with Crippen molar-refractivity contribution in [2.45, 2.75) is 71.1 Å². The highest BCUT2D eigenvalue weighted by Crippen LogP contribution is 2.08. The van der Waals surface area contributed by atoms with Crippen LogP contribution in [0, 0.1) is 0 Å². The molecule has 0 aromatic carbocycles. The summed E-state index contributed by atoms with van der Waals surface area (Å²) in [4.78, 5) is 0. The number of rotatable bonds is 14. The molecule has 0 saturated heterocycles. The third-order valence-corrected chi connectivity index (χ3v) is 2.97. The maximum atomic E-state index is 5.04. The molecule has 0 heterocycles. The van der Waals surface area contributed by atoms with Gasteiger partial charge in [0.15, 0.2) is 0 Å². The van der Waals surface area contributed by atoms with Gasteiger partial charge in [0.2, 0.25) is 0 Å². The number of nitrogens with two attached hydrogens (primary N) is 1. The minimum absolute atomic E-state index is 0.923. The Bertz CT molecular complexity index is 171. The van der Waals surface area contributed by atoms with Crippen molar-refractivity contribution in [3.8, 4) is 0 Å². The van der Waals surface area contributed by atoms with E-state index in [9.17, 15) is 0 Å². The third kappa shape index (κ3) is 15.6. The molecule has 0 amide bonds. The van der Waals surface area contributed by atoms with E-state index in [1.54, 1.807) is 0 Å². The fraction of sp³-hybridized carbons (Fsp3) is 0.857. The van der Waals surface area contributed by atoms with Gasteiger partial charge in [0.05, 0.1) is 0 Å². The lowest BCUT2D eigenvalue weighted by Crippen LogP contribution is -2.47. The van der Waals surface area contributed by atoms with Crippen LogP contribution in [0.15, 0.2) is 12.2 Å². The van der Waals surface area contributed by atoms with Crippen LogP contribution >= 0.6 is 0 Å². The van der Waals surface area contributed by atoms with E-state index in [1.807, 2.05) is 0 Å². The molecule has 108 valence electrons. The van der Waals surface area contributed by atoms with Crippen LogP contribution in [0.3, 0.4) is 0 Å². The van der Waals surface area contributed by atoms with Gasteiger partial charge < -0.3 is 0 Å². The van der Waals surface area contributed by atoms with E-state index >= 15 is 0 Å².